The van der Waals surface area contributed by atoms with Crippen LogP contribution >= 0.6 is 23.4 Å². The summed E-state index contributed by atoms with van der Waals surface area (Å²) in [5.74, 6) is -0.579. The molecule has 90 valence electrons. The van der Waals surface area contributed by atoms with Gasteiger partial charge in [-0.25, -0.2) is 14.3 Å². The Morgan fingerprint density at radius 3 is 2.88 bits per heavy atom. The molecule has 0 spiro atoms. The first-order chi connectivity index (χ1) is 7.99. The van der Waals surface area contributed by atoms with Gasteiger partial charge in [0, 0.05) is 17.6 Å². The third-order valence-corrected chi connectivity index (χ3v) is 3.50. The number of nitrogens with one attached hydrogen (secondary N) is 1. The summed E-state index contributed by atoms with van der Waals surface area (Å²) in [5, 5.41) is 6.49. The number of benzene rings is 1. The van der Waals surface area contributed by atoms with E-state index in [0.717, 1.165) is 17.8 Å². The van der Waals surface area contributed by atoms with Gasteiger partial charge in [0.2, 0.25) is 0 Å². The van der Waals surface area contributed by atoms with Gasteiger partial charge in [0.1, 0.15) is 5.82 Å². The maximum absolute atomic E-state index is 13.1. The maximum atomic E-state index is 13.1. The minimum atomic E-state index is -0.579. The minimum absolute atomic E-state index is 0.0257. The summed E-state index contributed by atoms with van der Waals surface area (Å²) in [6.07, 6.45) is 0. The molecule has 1 aromatic heterocycles. The van der Waals surface area contributed by atoms with Crippen molar-refractivity contribution in [1.82, 2.24) is 14.8 Å². The first kappa shape index (κ1) is 12.0. The number of nitrogen functional groups attached to an aromatic ring is 1. The van der Waals surface area contributed by atoms with Gasteiger partial charge in [0.15, 0.2) is 5.16 Å². The number of hydrogen-bond donors (Lipinski definition) is 2. The van der Waals surface area contributed by atoms with Crippen molar-refractivity contribution >= 4 is 29.1 Å². The number of hydrogen-bond acceptors (Lipinski definition) is 4. The largest absolute Gasteiger partial charge is 0.398 e. The molecule has 17 heavy (non-hydrogen) atoms. The van der Waals surface area contributed by atoms with Crippen molar-refractivity contribution in [2.24, 2.45) is 7.05 Å². The lowest BCUT2D eigenvalue weighted by molar-refractivity contribution is 0.628. The number of nitrogens with zero attached hydrogens (tertiary/aromatic N) is 2. The number of aromatic amines is 1. The van der Waals surface area contributed by atoms with Crippen LogP contribution in [0.15, 0.2) is 27.0 Å². The van der Waals surface area contributed by atoms with Gasteiger partial charge in [-0.3, -0.25) is 4.57 Å². The zero-order valence-electron chi connectivity index (χ0n) is 8.70. The fourth-order valence-electron chi connectivity index (χ4n) is 1.15. The van der Waals surface area contributed by atoms with Crippen molar-refractivity contribution < 1.29 is 4.39 Å². The summed E-state index contributed by atoms with van der Waals surface area (Å²) in [6.45, 7) is 0. The van der Waals surface area contributed by atoms with Crippen LogP contribution in [0, 0.1) is 5.82 Å². The Hall–Kier alpha value is -1.47. The molecular weight excluding hydrogens is 267 g/mol. The molecule has 2 rings (SSSR count). The third kappa shape index (κ3) is 2.29. The van der Waals surface area contributed by atoms with Crippen molar-refractivity contribution in [3.8, 4) is 0 Å². The lowest BCUT2D eigenvalue weighted by Gasteiger charge is -2.05. The molecule has 8 heteroatoms. The first-order valence-corrected chi connectivity index (χ1v) is 5.72. The Balaban J connectivity index is 2.40. The quantitative estimate of drug-likeness (QED) is 0.816. The van der Waals surface area contributed by atoms with Crippen LogP contribution in [0.25, 0.3) is 0 Å². The summed E-state index contributed by atoms with van der Waals surface area (Å²) >= 11 is 6.79. The topological polar surface area (TPSA) is 76.7 Å². The Morgan fingerprint density at radius 1 is 1.59 bits per heavy atom. The maximum Gasteiger partial charge on any atom is 0.343 e. The van der Waals surface area contributed by atoms with Gasteiger partial charge in [0.05, 0.1) is 5.02 Å². The lowest BCUT2D eigenvalue weighted by atomic mass is 10.3. The highest BCUT2D eigenvalue weighted by atomic mass is 35.5. The van der Waals surface area contributed by atoms with Gasteiger partial charge >= 0.3 is 5.69 Å². The second kappa shape index (κ2) is 4.42. The summed E-state index contributed by atoms with van der Waals surface area (Å²) in [5.41, 5.74) is 5.56. The number of aromatic nitrogens is 3. The fourth-order valence-corrected chi connectivity index (χ4v) is 2.24. The summed E-state index contributed by atoms with van der Waals surface area (Å²) in [7, 11) is 1.56. The zero-order valence-corrected chi connectivity index (χ0v) is 10.3. The Morgan fingerprint density at radius 2 is 2.29 bits per heavy atom. The van der Waals surface area contributed by atoms with Crippen LogP contribution in [0.5, 0.6) is 0 Å². The molecule has 0 saturated heterocycles. The van der Waals surface area contributed by atoms with E-state index in [2.05, 4.69) is 10.2 Å². The van der Waals surface area contributed by atoms with E-state index >= 15 is 0 Å². The molecule has 0 fully saturated rings. The highest BCUT2D eigenvalue weighted by Gasteiger charge is 2.11. The number of halogens is 2. The van der Waals surface area contributed by atoms with E-state index in [9.17, 15) is 9.18 Å². The van der Waals surface area contributed by atoms with Crippen LogP contribution in [-0.2, 0) is 7.05 Å². The molecule has 0 bridgehead atoms. The molecule has 0 saturated carbocycles. The zero-order chi connectivity index (χ0) is 12.6. The van der Waals surface area contributed by atoms with E-state index in [-0.39, 0.29) is 16.4 Å². The Bertz CT molecular complexity index is 624. The second-order valence-electron chi connectivity index (χ2n) is 3.28. The van der Waals surface area contributed by atoms with Crippen molar-refractivity contribution in [3.05, 3.63) is 33.5 Å². The minimum Gasteiger partial charge on any atom is -0.398 e. The van der Waals surface area contributed by atoms with Gasteiger partial charge in [-0.15, -0.1) is 5.10 Å². The average molecular weight is 275 g/mol. The second-order valence-corrected chi connectivity index (χ2v) is 4.69. The van der Waals surface area contributed by atoms with Crippen LogP contribution in [0.1, 0.15) is 0 Å². The number of H-pyrrole nitrogens is 1. The molecule has 0 amide bonds. The lowest BCUT2D eigenvalue weighted by Crippen LogP contribution is -2.12. The number of anilines is 1. The van der Waals surface area contributed by atoms with Crippen molar-refractivity contribution in [1.29, 1.82) is 0 Å². The molecule has 0 aliphatic heterocycles. The highest BCUT2D eigenvalue weighted by molar-refractivity contribution is 7.99. The normalized spacial score (nSPS) is 10.8. The van der Waals surface area contributed by atoms with Crippen LogP contribution in [0.4, 0.5) is 10.1 Å². The van der Waals surface area contributed by atoms with E-state index in [1.807, 2.05) is 0 Å². The first-order valence-electron chi connectivity index (χ1n) is 4.53. The molecule has 0 unspecified atom stereocenters. The molecular formula is C9H8ClFN4OS. The van der Waals surface area contributed by atoms with Gasteiger partial charge in [-0.1, -0.05) is 11.6 Å². The van der Waals surface area contributed by atoms with E-state index in [4.69, 9.17) is 17.3 Å². The van der Waals surface area contributed by atoms with Crippen molar-refractivity contribution in [3.63, 3.8) is 0 Å². The van der Waals surface area contributed by atoms with E-state index in [1.165, 1.54) is 10.6 Å². The number of rotatable bonds is 2. The van der Waals surface area contributed by atoms with Gasteiger partial charge in [0.25, 0.3) is 0 Å². The molecule has 3 N–H and O–H groups in total. The fraction of sp³-hybridized carbons (Fsp3) is 0.111. The van der Waals surface area contributed by atoms with Crippen LogP contribution in [0.2, 0.25) is 5.02 Å². The Labute approximate surface area is 105 Å². The molecule has 0 aliphatic carbocycles. The molecule has 2 aromatic rings. The SMILES string of the molecule is Cn1c(Sc2cc(Cl)c(F)cc2N)n[nH]c1=O. The molecule has 1 aromatic carbocycles. The van der Waals surface area contributed by atoms with E-state index in [1.54, 1.807) is 7.05 Å². The van der Waals surface area contributed by atoms with Gasteiger partial charge in [-0.2, -0.15) is 0 Å². The molecule has 5 nitrogen and oxygen atoms in total. The van der Waals surface area contributed by atoms with Crippen LogP contribution in [-0.4, -0.2) is 14.8 Å². The number of nitrogens with two attached hydrogens (primary N) is 1. The molecule has 0 aliphatic rings. The van der Waals surface area contributed by atoms with Crippen molar-refractivity contribution in [2.45, 2.75) is 10.1 Å². The smallest absolute Gasteiger partial charge is 0.343 e. The van der Waals surface area contributed by atoms with Gasteiger partial charge < -0.3 is 5.73 Å². The highest BCUT2D eigenvalue weighted by Crippen LogP contribution is 2.33. The predicted molar refractivity (Wildman–Crippen MR) is 63.8 cm³/mol. The predicted octanol–water partition coefficient (Wildman–Crippen LogP) is 1.63. The van der Waals surface area contributed by atoms with Gasteiger partial charge in [-0.05, 0) is 23.9 Å². The van der Waals surface area contributed by atoms with E-state index < -0.39 is 5.82 Å². The average Bonchev–Trinajstić information content (AvgIpc) is 2.58. The van der Waals surface area contributed by atoms with Crippen LogP contribution in [0.3, 0.4) is 0 Å². The summed E-state index contributed by atoms with van der Waals surface area (Å²) < 4.78 is 14.4. The van der Waals surface area contributed by atoms with E-state index in [0.29, 0.717) is 10.1 Å². The Kier molecular flexibility index (Phi) is 3.12. The summed E-state index contributed by atoms with van der Waals surface area (Å²) in [6, 6.07) is 2.53. The summed E-state index contributed by atoms with van der Waals surface area (Å²) in [4.78, 5) is 11.7. The monoisotopic (exact) mass is 274 g/mol. The third-order valence-electron chi connectivity index (χ3n) is 2.09. The molecule has 0 atom stereocenters. The van der Waals surface area contributed by atoms with Crippen LogP contribution < -0.4 is 11.4 Å². The molecule has 0 radical (unpaired) electrons. The van der Waals surface area contributed by atoms with Crippen molar-refractivity contribution in [2.75, 3.05) is 5.73 Å². The standard InChI is InChI=1S/C9H8ClFN4OS/c1-15-8(16)13-14-9(15)17-7-2-4(10)5(11)3-6(7)12/h2-3H,12H2,1H3,(H,13,16). The molecule has 1 heterocycles.